The first kappa shape index (κ1) is 26.1. The van der Waals surface area contributed by atoms with E-state index in [4.69, 9.17) is 4.74 Å². The average Bonchev–Trinajstić information content (AvgIpc) is 3.08. The zero-order chi connectivity index (χ0) is 24.9. The van der Waals surface area contributed by atoms with E-state index >= 15 is 0 Å². The Bertz CT molecular complexity index is 1250. The van der Waals surface area contributed by atoms with Gasteiger partial charge in [-0.25, -0.2) is 8.42 Å². The molecule has 1 aromatic heterocycles. The Morgan fingerprint density at radius 3 is 2.65 bits per heavy atom. The van der Waals surface area contributed by atoms with E-state index in [9.17, 15) is 22.8 Å². The molecule has 1 aromatic carbocycles. The highest BCUT2D eigenvalue weighted by Gasteiger charge is 2.29. The zero-order valence-corrected chi connectivity index (χ0v) is 21.4. The lowest BCUT2D eigenvalue weighted by atomic mass is 10.0. The van der Waals surface area contributed by atoms with E-state index in [1.165, 1.54) is 11.3 Å². The highest BCUT2D eigenvalue weighted by molar-refractivity contribution is 7.92. The first-order valence-corrected chi connectivity index (χ1v) is 14.1. The fourth-order valence-electron chi connectivity index (χ4n) is 4.16. The second-order valence-corrected chi connectivity index (χ2v) is 11.5. The van der Waals surface area contributed by atoms with Gasteiger partial charge in [0.05, 0.1) is 16.8 Å². The molecular formula is C23H31N3O6S2. The van der Waals surface area contributed by atoms with Crippen molar-refractivity contribution in [1.29, 1.82) is 0 Å². The third-order valence-electron chi connectivity index (χ3n) is 5.76. The maximum absolute atomic E-state index is 12.7. The average molecular weight is 510 g/mol. The Hall–Kier alpha value is -2.53. The summed E-state index contributed by atoms with van der Waals surface area (Å²) in [5, 5.41) is 0. The van der Waals surface area contributed by atoms with Gasteiger partial charge in [-0.05, 0) is 57.2 Å². The SMILES string of the molecule is CCOC(=O)Cn1c(=NC(=O)CS(=O)(=O)CC(=O)N2CCCCC2CC)sc2cc(C)ccc21. The standard InChI is InChI=1S/C23H31N3O6S2/c1-4-17-8-6-7-11-25(17)21(28)15-34(30,31)14-20(27)24-23-26(13-22(29)32-5-2)18-10-9-16(3)12-19(18)33-23/h9-10,12,17H,4-8,11,13-15H2,1-3H3. The summed E-state index contributed by atoms with van der Waals surface area (Å²) in [7, 11) is -3.99. The largest absolute Gasteiger partial charge is 0.465 e. The van der Waals surface area contributed by atoms with Crippen molar-refractivity contribution in [2.75, 3.05) is 24.7 Å². The van der Waals surface area contributed by atoms with Crippen LogP contribution >= 0.6 is 11.3 Å². The van der Waals surface area contributed by atoms with Crippen molar-refractivity contribution in [2.24, 2.45) is 4.99 Å². The molecule has 34 heavy (non-hydrogen) atoms. The van der Waals surface area contributed by atoms with Crippen molar-refractivity contribution >= 4 is 49.2 Å². The number of hydrogen-bond acceptors (Lipinski definition) is 7. The first-order valence-electron chi connectivity index (χ1n) is 11.5. The molecule has 3 rings (SSSR count). The fourth-order valence-corrected chi connectivity index (χ4v) is 6.39. The maximum Gasteiger partial charge on any atom is 0.326 e. The molecular weight excluding hydrogens is 478 g/mol. The van der Waals surface area contributed by atoms with Crippen LogP contribution in [0.25, 0.3) is 10.2 Å². The number of aryl methyl sites for hydroxylation is 1. The van der Waals surface area contributed by atoms with Crippen molar-refractivity contribution in [2.45, 2.75) is 59.0 Å². The van der Waals surface area contributed by atoms with E-state index < -0.39 is 39.1 Å². The Balaban J connectivity index is 1.82. The first-order chi connectivity index (χ1) is 16.1. The van der Waals surface area contributed by atoms with Crippen molar-refractivity contribution in [1.82, 2.24) is 9.47 Å². The molecule has 11 heteroatoms. The van der Waals surface area contributed by atoms with Gasteiger partial charge in [0.15, 0.2) is 14.6 Å². The lowest BCUT2D eigenvalue weighted by Gasteiger charge is -2.35. The van der Waals surface area contributed by atoms with Gasteiger partial charge < -0.3 is 14.2 Å². The van der Waals surface area contributed by atoms with Crippen LogP contribution in [0.5, 0.6) is 0 Å². The normalized spacial score (nSPS) is 17.2. The molecule has 1 fully saturated rings. The van der Waals surface area contributed by atoms with Crippen LogP contribution in [-0.2, 0) is 35.5 Å². The maximum atomic E-state index is 12.7. The molecule has 9 nitrogen and oxygen atoms in total. The molecule has 186 valence electrons. The molecule has 2 amide bonds. The van der Waals surface area contributed by atoms with Crippen molar-refractivity contribution in [3.63, 3.8) is 0 Å². The summed E-state index contributed by atoms with van der Waals surface area (Å²) < 4.78 is 32.7. The van der Waals surface area contributed by atoms with Crippen LogP contribution in [0.15, 0.2) is 23.2 Å². The quantitative estimate of drug-likeness (QED) is 0.504. The van der Waals surface area contributed by atoms with Gasteiger partial charge in [-0.2, -0.15) is 4.99 Å². The molecule has 1 aliphatic rings. The number of esters is 1. The minimum Gasteiger partial charge on any atom is -0.465 e. The molecule has 0 N–H and O–H groups in total. The van der Waals surface area contributed by atoms with Crippen LogP contribution in [0.1, 0.15) is 45.1 Å². The number of piperidine rings is 1. The molecule has 0 bridgehead atoms. The second kappa shape index (κ2) is 11.3. The van der Waals surface area contributed by atoms with Gasteiger partial charge in [0, 0.05) is 12.6 Å². The van der Waals surface area contributed by atoms with Crippen LogP contribution in [-0.4, -0.2) is 66.4 Å². The van der Waals surface area contributed by atoms with Gasteiger partial charge >= 0.3 is 5.97 Å². The number of aromatic nitrogens is 1. The fraction of sp³-hybridized carbons (Fsp3) is 0.565. The van der Waals surface area contributed by atoms with Crippen molar-refractivity contribution < 1.29 is 27.5 Å². The molecule has 1 aliphatic heterocycles. The zero-order valence-electron chi connectivity index (χ0n) is 19.8. The van der Waals surface area contributed by atoms with E-state index in [2.05, 4.69) is 4.99 Å². The molecule has 0 saturated carbocycles. The number of benzene rings is 1. The highest BCUT2D eigenvalue weighted by atomic mass is 32.2. The van der Waals surface area contributed by atoms with E-state index in [0.29, 0.717) is 12.1 Å². The summed E-state index contributed by atoms with van der Waals surface area (Å²) in [5.74, 6) is -3.40. The Morgan fingerprint density at radius 1 is 1.18 bits per heavy atom. The lowest BCUT2D eigenvalue weighted by Crippen LogP contribution is -2.46. The summed E-state index contributed by atoms with van der Waals surface area (Å²) in [6.45, 7) is 6.21. The van der Waals surface area contributed by atoms with Crippen LogP contribution in [0.2, 0.25) is 0 Å². The molecule has 1 saturated heterocycles. The van der Waals surface area contributed by atoms with Crippen LogP contribution in [0, 0.1) is 6.92 Å². The van der Waals surface area contributed by atoms with Gasteiger partial charge in [-0.15, -0.1) is 0 Å². The summed E-state index contributed by atoms with van der Waals surface area (Å²) in [6, 6.07) is 5.65. The van der Waals surface area contributed by atoms with E-state index in [1.54, 1.807) is 16.4 Å². The number of rotatable bonds is 8. The van der Waals surface area contributed by atoms with E-state index in [-0.39, 0.29) is 24.0 Å². The van der Waals surface area contributed by atoms with Gasteiger partial charge in [-0.1, -0.05) is 24.3 Å². The van der Waals surface area contributed by atoms with E-state index in [0.717, 1.165) is 35.9 Å². The van der Waals surface area contributed by atoms with Gasteiger partial charge in [0.2, 0.25) is 5.91 Å². The van der Waals surface area contributed by atoms with Gasteiger partial charge in [0.1, 0.15) is 18.1 Å². The number of likely N-dealkylation sites (tertiary alicyclic amines) is 1. The number of thiazole rings is 1. The number of nitrogens with zero attached hydrogens (tertiary/aromatic N) is 3. The summed E-state index contributed by atoms with van der Waals surface area (Å²) in [6.07, 6.45) is 3.50. The summed E-state index contributed by atoms with van der Waals surface area (Å²) in [4.78, 5) is 43.2. The number of carbonyl (C=O) groups is 3. The predicted octanol–water partition coefficient (Wildman–Crippen LogP) is 2.21. The number of amides is 2. The van der Waals surface area contributed by atoms with Crippen LogP contribution < -0.4 is 4.80 Å². The van der Waals surface area contributed by atoms with Gasteiger partial charge in [0.25, 0.3) is 5.91 Å². The minimum absolute atomic E-state index is 0.0423. The molecule has 2 heterocycles. The Labute approximate surface area is 203 Å². The highest BCUT2D eigenvalue weighted by Crippen LogP contribution is 2.21. The topological polar surface area (TPSA) is 115 Å². The van der Waals surface area contributed by atoms with Crippen LogP contribution in [0.3, 0.4) is 0 Å². The number of hydrogen-bond donors (Lipinski definition) is 0. The monoisotopic (exact) mass is 509 g/mol. The summed E-state index contributed by atoms with van der Waals surface area (Å²) >= 11 is 1.19. The molecule has 0 aliphatic carbocycles. The smallest absolute Gasteiger partial charge is 0.326 e. The minimum atomic E-state index is -3.99. The Morgan fingerprint density at radius 2 is 1.94 bits per heavy atom. The molecule has 1 unspecified atom stereocenters. The molecule has 2 aromatic rings. The van der Waals surface area contributed by atoms with Crippen molar-refractivity contribution in [3.05, 3.63) is 28.6 Å². The van der Waals surface area contributed by atoms with Crippen LogP contribution in [0.4, 0.5) is 0 Å². The van der Waals surface area contributed by atoms with Gasteiger partial charge in [-0.3, -0.25) is 14.4 Å². The number of fused-ring (bicyclic) bond motifs is 1. The molecule has 0 spiro atoms. The number of sulfone groups is 1. The Kier molecular flexibility index (Phi) is 8.64. The van der Waals surface area contributed by atoms with E-state index in [1.807, 2.05) is 32.0 Å². The predicted molar refractivity (Wildman–Crippen MR) is 130 cm³/mol. The third-order valence-corrected chi connectivity index (χ3v) is 8.17. The number of ether oxygens (including phenoxy) is 1. The van der Waals surface area contributed by atoms with Crippen molar-refractivity contribution in [3.8, 4) is 0 Å². The lowest BCUT2D eigenvalue weighted by molar-refractivity contribution is -0.143. The number of carbonyl (C=O) groups excluding carboxylic acids is 3. The molecule has 1 atom stereocenters. The molecule has 0 radical (unpaired) electrons. The third kappa shape index (κ3) is 6.53. The second-order valence-electron chi connectivity index (χ2n) is 8.43. The summed E-state index contributed by atoms with van der Waals surface area (Å²) in [5.41, 5.74) is 1.70.